The van der Waals surface area contributed by atoms with Crippen LogP contribution in [0.25, 0.3) is 0 Å². The molecular formula is C13H14BrN3. The van der Waals surface area contributed by atoms with E-state index < -0.39 is 0 Å². The molecule has 3 N–H and O–H groups in total. The molecule has 0 amide bonds. The Kier molecular flexibility index (Phi) is 3.64. The predicted octanol–water partition coefficient (Wildman–Crippen LogP) is 3.35. The fraction of sp³-hybridized carbons (Fsp3) is 0.154. The van der Waals surface area contributed by atoms with Crippen molar-refractivity contribution in [2.45, 2.75) is 13.5 Å². The highest BCUT2D eigenvalue weighted by Crippen LogP contribution is 2.18. The maximum atomic E-state index is 5.83. The summed E-state index contributed by atoms with van der Waals surface area (Å²) in [7, 11) is 0. The zero-order valence-electron chi connectivity index (χ0n) is 9.57. The predicted molar refractivity (Wildman–Crippen MR) is 74.9 cm³/mol. The Hall–Kier alpha value is -1.55. The minimum Gasteiger partial charge on any atom is -0.382 e. The lowest BCUT2D eigenvalue weighted by atomic mass is 10.2. The molecule has 0 saturated carbocycles. The van der Waals surface area contributed by atoms with E-state index in [-0.39, 0.29) is 0 Å². The van der Waals surface area contributed by atoms with Gasteiger partial charge in [-0.15, -0.1) is 0 Å². The van der Waals surface area contributed by atoms with Gasteiger partial charge in [-0.05, 0) is 36.8 Å². The number of hydrogen-bond acceptors (Lipinski definition) is 3. The van der Waals surface area contributed by atoms with E-state index in [9.17, 15) is 0 Å². The first-order valence-electron chi connectivity index (χ1n) is 5.36. The second-order valence-corrected chi connectivity index (χ2v) is 4.78. The molecule has 0 aliphatic heterocycles. The van der Waals surface area contributed by atoms with Gasteiger partial charge in [-0.3, -0.25) is 0 Å². The number of nitrogen functional groups attached to an aromatic ring is 1. The van der Waals surface area contributed by atoms with Gasteiger partial charge in [0, 0.05) is 16.7 Å². The summed E-state index contributed by atoms with van der Waals surface area (Å²) in [5.74, 6) is 0.542. The summed E-state index contributed by atoms with van der Waals surface area (Å²) >= 11 is 3.45. The van der Waals surface area contributed by atoms with E-state index in [0.29, 0.717) is 5.82 Å². The Morgan fingerprint density at radius 3 is 2.82 bits per heavy atom. The lowest BCUT2D eigenvalue weighted by Crippen LogP contribution is -2.04. The molecule has 0 saturated heterocycles. The molecule has 2 aromatic rings. The summed E-state index contributed by atoms with van der Waals surface area (Å²) < 4.78 is 1.08. The number of hydrogen-bond donors (Lipinski definition) is 2. The monoisotopic (exact) mass is 291 g/mol. The van der Waals surface area contributed by atoms with Crippen LogP contribution in [-0.2, 0) is 6.54 Å². The minimum absolute atomic E-state index is 0.542. The molecular weight excluding hydrogens is 278 g/mol. The average Bonchev–Trinajstić information content (AvgIpc) is 2.28. The lowest BCUT2D eigenvalue weighted by Gasteiger charge is -2.09. The van der Waals surface area contributed by atoms with Crippen LogP contribution in [0.1, 0.15) is 11.3 Å². The second kappa shape index (κ2) is 5.19. The average molecular weight is 292 g/mol. The normalized spacial score (nSPS) is 10.2. The van der Waals surface area contributed by atoms with E-state index in [4.69, 9.17) is 5.73 Å². The van der Waals surface area contributed by atoms with Gasteiger partial charge < -0.3 is 11.1 Å². The third kappa shape index (κ3) is 3.20. The van der Waals surface area contributed by atoms with Crippen LogP contribution < -0.4 is 11.1 Å². The SMILES string of the molecule is Cc1ccc(NCc2cccc(Br)c2)c(N)n1. The Bertz CT molecular complexity index is 526. The second-order valence-electron chi connectivity index (χ2n) is 3.87. The number of nitrogens with one attached hydrogen (secondary N) is 1. The van der Waals surface area contributed by atoms with E-state index in [1.807, 2.05) is 31.2 Å². The van der Waals surface area contributed by atoms with Crippen molar-refractivity contribution < 1.29 is 0 Å². The van der Waals surface area contributed by atoms with Crippen LogP contribution in [0.2, 0.25) is 0 Å². The van der Waals surface area contributed by atoms with E-state index in [2.05, 4.69) is 38.4 Å². The Morgan fingerprint density at radius 1 is 1.29 bits per heavy atom. The van der Waals surface area contributed by atoms with Gasteiger partial charge in [-0.1, -0.05) is 28.1 Å². The third-order valence-corrected chi connectivity index (χ3v) is 2.93. The van der Waals surface area contributed by atoms with Crippen LogP contribution >= 0.6 is 15.9 Å². The molecule has 0 bridgehead atoms. The molecule has 3 nitrogen and oxygen atoms in total. The Morgan fingerprint density at radius 2 is 2.12 bits per heavy atom. The summed E-state index contributed by atoms with van der Waals surface area (Å²) in [6, 6.07) is 12.1. The number of nitrogens with zero attached hydrogens (tertiary/aromatic N) is 1. The molecule has 0 unspecified atom stereocenters. The van der Waals surface area contributed by atoms with Gasteiger partial charge in [0.1, 0.15) is 5.82 Å². The quantitative estimate of drug-likeness (QED) is 0.912. The molecule has 0 atom stereocenters. The lowest BCUT2D eigenvalue weighted by molar-refractivity contribution is 1.12. The fourth-order valence-electron chi connectivity index (χ4n) is 1.57. The van der Waals surface area contributed by atoms with Crippen LogP contribution in [0.5, 0.6) is 0 Å². The minimum atomic E-state index is 0.542. The highest BCUT2D eigenvalue weighted by molar-refractivity contribution is 9.10. The van der Waals surface area contributed by atoms with Gasteiger partial charge in [0.2, 0.25) is 0 Å². The Balaban J connectivity index is 2.07. The maximum absolute atomic E-state index is 5.83. The molecule has 0 fully saturated rings. The van der Waals surface area contributed by atoms with Crippen molar-refractivity contribution in [1.29, 1.82) is 0 Å². The first-order valence-corrected chi connectivity index (χ1v) is 6.16. The van der Waals surface area contributed by atoms with E-state index in [1.54, 1.807) is 0 Å². The van der Waals surface area contributed by atoms with Gasteiger partial charge in [0.25, 0.3) is 0 Å². The largest absolute Gasteiger partial charge is 0.382 e. The molecule has 0 aliphatic carbocycles. The van der Waals surface area contributed by atoms with Gasteiger partial charge in [0.15, 0.2) is 0 Å². The summed E-state index contributed by atoms with van der Waals surface area (Å²) in [6.07, 6.45) is 0. The van der Waals surface area contributed by atoms with Gasteiger partial charge in [-0.2, -0.15) is 0 Å². The zero-order chi connectivity index (χ0) is 12.3. The molecule has 0 aliphatic rings. The van der Waals surface area contributed by atoms with Crippen LogP contribution in [0.4, 0.5) is 11.5 Å². The number of rotatable bonds is 3. The topological polar surface area (TPSA) is 50.9 Å². The summed E-state index contributed by atoms with van der Waals surface area (Å²) in [6.45, 7) is 2.66. The first kappa shape index (κ1) is 11.9. The number of benzene rings is 1. The number of aryl methyl sites for hydroxylation is 1. The van der Waals surface area contributed by atoms with Crippen molar-refractivity contribution in [2.24, 2.45) is 0 Å². The van der Waals surface area contributed by atoms with E-state index in [1.165, 1.54) is 5.56 Å². The number of aromatic nitrogens is 1. The van der Waals surface area contributed by atoms with Gasteiger partial charge >= 0.3 is 0 Å². The molecule has 4 heteroatoms. The Labute approximate surface area is 109 Å². The first-order chi connectivity index (χ1) is 8.15. The van der Waals surface area contributed by atoms with Crippen LogP contribution in [0, 0.1) is 6.92 Å². The van der Waals surface area contributed by atoms with Crippen LogP contribution in [0.15, 0.2) is 40.9 Å². The van der Waals surface area contributed by atoms with E-state index in [0.717, 1.165) is 22.4 Å². The van der Waals surface area contributed by atoms with Gasteiger partial charge in [-0.25, -0.2) is 4.98 Å². The van der Waals surface area contributed by atoms with Crippen molar-refractivity contribution in [3.63, 3.8) is 0 Å². The fourth-order valence-corrected chi connectivity index (χ4v) is 2.02. The summed E-state index contributed by atoms with van der Waals surface area (Å²) in [5.41, 5.74) is 8.82. The highest BCUT2D eigenvalue weighted by Gasteiger charge is 2.00. The molecule has 0 spiro atoms. The molecule has 1 aromatic carbocycles. The maximum Gasteiger partial charge on any atom is 0.147 e. The molecule has 0 radical (unpaired) electrons. The third-order valence-electron chi connectivity index (χ3n) is 2.44. The molecule has 88 valence electrons. The molecule has 17 heavy (non-hydrogen) atoms. The smallest absolute Gasteiger partial charge is 0.147 e. The summed E-state index contributed by atoms with van der Waals surface area (Å²) in [5, 5.41) is 3.28. The molecule has 1 aromatic heterocycles. The van der Waals surface area contributed by atoms with Crippen molar-refractivity contribution in [3.05, 3.63) is 52.1 Å². The summed E-state index contributed by atoms with van der Waals surface area (Å²) in [4.78, 5) is 4.21. The highest BCUT2D eigenvalue weighted by atomic mass is 79.9. The van der Waals surface area contributed by atoms with E-state index >= 15 is 0 Å². The van der Waals surface area contributed by atoms with Crippen molar-refractivity contribution in [2.75, 3.05) is 11.1 Å². The van der Waals surface area contributed by atoms with Gasteiger partial charge in [0.05, 0.1) is 5.69 Å². The van der Waals surface area contributed by atoms with Crippen molar-refractivity contribution in [3.8, 4) is 0 Å². The van der Waals surface area contributed by atoms with Crippen LogP contribution in [0.3, 0.4) is 0 Å². The number of nitrogens with two attached hydrogens (primary N) is 1. The van der Waals surface area contributed by atoms with Crippen molar-refractivity contribution >= 4 is 27.4 Å². The molecule has 2 rings (SSSR count). The van der Waals surface area contributed by atoms with Crippen molar-refractivity contribution in [1.82, 2.24) is 4.98 Å². The zero-order valence-corrected chi connectivity index (χ0v) is 11.2. The number of halogens is 1. The number of pyridine rings is 1. The van der Waals surface area contributed by atoms with Crippen LogP contribution in [-0.4, -0.2) is 4.98 Å². The standard InChI is InChI=1S/C13H14BrN3/c1-9-5-6-12(13(15)17-9)16-8-10-3-2-4-11(14)7-10/h2-7,16H,8H2,1H3,(H2,15,17). The molecule has 1 heterocycles. The number of anilines is 2.